The standard InChI is InChI=1S/C14H16ClFN2O2/c1-8(2)13-14(20)18(6-5-12(19)17-13)11-7-9(15)3-4-10(11)16/h3-4,7-8,13H,5-6H2,1-2H3,(H,17,19). The molecule has 2 amide bonds. The van der Waals surface area contributed by atoms with Gasteiger partial charge in [0.1, 0.15) is 11.9 Å². The summed E-state index contributed by atoms with van der Waals surface area (Å²) in [7, 11) is 0. The minimum absolute atomic E-state index is 0.0747. The molecule has 0 aliphatic carbocycles. The van der Waals surface area contributed by atoms with E-state index in [1.807, 2.05) is 13.8 Å². The Morgan fingerprint density at radius 2 is 2.10 bits per heavy atom. The number of anilines is 1. The van der Waals surface area contributed by atoms with Crippen LogP contribution in [0.1, 0.15) is 20.3 Å². The molecule has 1 heterocycles. The van der Waals surface area contributed by atoms with Gasteiger partial charge in [-0.1, -0.05) is 25.4 Å². The molecular formula is C14H16ClFN2O2. The Balaban J connectivity index is 2.41. The third kappa shape index (κ3) is 2.93. The number of carbonyl (C=O) groups excluding carboxylic acids is 2. The zero-order chi connectivity index (χ0) is 14.9. The van der Waals surface area contributed by atoms with Crippen LogP contribution in [0.2, 0.25) is 5.02 Å². The Morgan fingerprint density at radius 3 is 2.75 bits per heavy atom. The van der Waals surface area contributed by atoms with E-state index in [4.69, 9.17) is 11.6 Å². The van der Waals surface area contributed by atoms with Gasteiger partial charge in [-0.2, -0.15) is 0 Å². The van der Waals surface area contributed by atoms with Crippen molar-refractivity contribution < 1.29 is 14.0 Å². The first kappa shape index (κ1) is 14.8. The Hall–Kier alpha value is -1.62. The lowest BCUT2D eigenvalue weighted by molar-refractivity contribution is -0.126. The molecule has 20 heavy (non-hydrogen) atoms. The number of nitrogens with zero attached hydrogens (tertiary/aromatic N) is 1. The molecule has 1 atom stereocenters. The quantitative estimate of drug-likeness (QED) is 0.911. The Kier molecular flexibility index (Phi) is 4.28. The predicted molar refractivity (Wildman–Crippen MR) is 75.1 cm³/mol. The van der Waals surface area contributed by atoms with Crippen LogP contribution < -0.4 is 10.2 Å². The first-order valence-corrected chi connectivity index (χ1v) is 6.83. The van der Waals surface area contributed by atoms with Crippen LogP contribution in [0, 0.1) is 11.7 Å². The van der Waals surface area contributed by atoms with Crippen LogP contribution in [0.15, 0.2) is 18.2 Å². The van der Waals surface area contributed by atoms with E-state index < -0.39 is 11.9 Å². The molecule has 1 aromatic rings. The molecule has 0 aromatic heterocycles. The average molecular weight is 299 g/mol. The van der Waals surface area contributed by atoms with Gasteiger partial charge in [-0.25, -0.2) is 4.39 Å². The van der Waals surface area contributed by atoms with E-state index in [1.54, 1.807) is 0 Å². The predicted octanol–water partition coefficient (Wildman–Crippen LogP) is 2.36. The fourth-order valence-corrected chi connectivity index (χ4v) is 2.35. The first-order valence-electron chi connectivity index (χ1n) is 6.46. The fourth-order valence-electron chi connectivity index (χ4n) is 2.18. The molecular weight excluding hydrogens is 283 g/mol. The lowest BCUT2D eigenvalue weighted by Gasteiger charge is -2.26. The van der Waals surface area contributed by atoms with Crippen molar-refractivity contribution in [3.8, 4) is 0 Å². The van der Waals surface area contributed by atoms with Crippen LogP contribution in [-0.2, 0) is 9.59 Å². The molecule has 1 aliphatic heterocycles. The highest BCUT2D eigenvalue weighted by atomic mass is 35.5. The molecule has 1 saturated heterocycles. The third-order valence-corrected chi connectivity index (χ3v) is 3.51. The summed E-state index contributed by atoms with van der Waals surface area (Å²) in [5.74, 6) is -1.12. The molecule has 0 radical (unpaired) electrons. The lowest BCUT2D eigenvalue weighted by Crippen LogP contribution is -2.48. The molecule has 4 nitrogen and oxygen atoms in total. The first-order chi connectivity index (χ1) is 9.40. The van der Waals surface area contributed by atoms with E-state index >= 15 is 0 Å². The number of hydrogen-bond acceptors (Lipinski definition) is 2. The third-order valence-electron chi connectivity index (χ3n) is 3.28. The molecule has 0 saturated carbocycles. The summed E-state index contributed by atoms with van der Waals surface area (Å²) in [4.78, 5) is 25.5. The highest BCUT2D eigenvalue weighted by Gasteiger charge is 2.33. The zero-order valence-electron chi connectivity index (χ0n) is 11.3. The maximum absolute atomic E-state index is 13.9. The molecule has 2 rings (SSSR count). The smallest absolute Gasteiger partial charge is 0.249 e. The van der Waals surface area contributed by atoms with Gasteiger partial charge in [-0.15, -0.1) is 0 Å². The summed E-state index contributed by atoms with van der Waals surface area (Å²) >= 11 is 5.86. The molecule has 1 aromatic carbocycles. The van der Waals surface area contributed by atoms with Crippen LogP contribution in [0.5, 0.6) is 0 Å². The number of nitrogens with one attached hydrogen (secondary N) is 1. The van der Waals surface area contributed by atoms with Crippen molar-refractivity contribution in [2.45, 2.75) is 26.3 Å². The Labute approximate surface area is 121 Å². The molecule has 0 bridgehead atoms. The van der Waals surface area contributed by atoms with Crippen LogP contribution in [0.4, 0.5) is 10.1 Å². The number of rotatable bonds is 2. The number of halogens is 2. The van der Waals surface area contributed by atoms with Crippen LogP contribution in [0.25, 0.3) is 0 Å². The van der Waals surface area contributed by atoms with E-state index in [2.05, 4.69) is 5.32 Å². The molecule has 108 valence electrons. The van der Waals surface area contributed by atoms with Gasteiger partial charge in [0.05, 0.1) is 5.69 Å². The maximum Gasteiger partial charge on any atom is 0.249 e. The average Bonchev–Trinajstić information content (AvgIpc) is 2.53. The van der Waals surface area contributed by atoms with Crippen LogP contribution >= 0.6 is 11.6 Å². The van der Waals surface area contributed by atoms with Gasteiger partial charge in [-0.05, 0) is 24.1 Å². The molecule has 1 fully saturated rings. The minimum Gasteiger partial charge on any atom is -0.344 e. The topological polar surface area (TPSA) is 49.4 Å². The van der Waals surface area contributed by atoms with E-state index in [1.165, 1.54) is 23.1 Å². The number of benzene rings is 1. The van der Waals surface area contributed by atoms with Gasteiger partial charge in [0.2, 0.25) is 11.8 Å². The van der Waals surface area contributed by atoms with Gasteiger partial charge < -0.3 is 10.2 Å². The number of amides is 2. The number of hydrogen-bond donors (Lipinski definition) is 1. The van der Waals surface area contributed by atoms with Crippen molar-refractivity contribution in [3.63, 3.8) is 0 Å². The van der Waals surface area contributed by atoms with Gasteiger partial charge >= 0.3 is 0 Å². The SMILES string of the molecule is CC(C)C1NC(=O)CCN(c2cc(Cl)ccc2F)C1=O. The Bertz CT molecular complexity index is 548. The zero-order valence-corrected chi connectivity index (χ0v) is 12.1. The highest BCUT2D eigenvalue weighted by Crippen LogP contribution is 2.26. The second-order valence-corrected chi connectivity index (χ2v) is 5.56. The van der Waals surface area contributed by atoms with Crippen molar-refractivity contribution in [2.75, 3.05) is 11.4 Å². The second-order valence-electron chi connectivity index (χ2n) is 5.12. The van der Waals surface area contributed by atoms with E-state index in [0.29, 0.717) is 5.02 Å². The number of carbonyl (C=O) groups is 2. The van der Waals surface area contributed by atoms with E-state index in [9.17, 15) is 14.0 Å². The normalized spacial score (nSPS) is 20.1. The lowest BCUT2D eigenvalue weighted by atomic mass is 10.0. The van der Waals surface area contributed by atoms with Gasteiger partial charge in [0.25, 0.3) is 0 Å². The van der Waals surface area contributed by atoms with Crippen LogP contribution in [0.3, 0.4) is 0 Å². The summed E-state index contributed by atoms with van der Waals surface area (Å²) in [6, 6.07) is 3.40. The van der Waals surface area contributed by atoms with Gasteiger partial charge in [0, 0.05) is 18.0 Å². The monoisotopic (exact) mass is 298 g/mol. The second kappa shape index (κ2) is 5.79. The molecule has 0 spiro atoms. The summed E-state index contributed by atoms with van der Waals surface area (Å²) in [5, 5.41) is 3.02. The van der Waals surface area contributed by atoms with Gasteiger partial charge in [0.15, 0.2) is 0 Å². The molecule has 1 aliphatic rings. The minimum atomic E-state index is -0.650. The molecule has 1 unspecified atom stereocenters. The Morgan fingerprint density at radius 1 is 1.40 bits per heavy atom. The largest absolute Gasteiger partial charge is 0.344 e. The summed E-state index contributed by atoms with van der Waals surface area (Å²) < 4.78 is 13.9. The van der Waals surface area contributed by atoms with Crippen molar-refractivity contribution >= 4 is 29.1 Å². The van der Waals surface area contributed by atoms with Gasteiger partial charge in [-0.3, -0.25) is 9.59 Å². The molecule has 1 N–H and O–H groups in total. The van der Waals surface area contributed by atoms with Crippen molar-refractivity contribution in [1.29, 1.82) is 0 Å². The van der Waals surface area contributed by atoms with E-state index in [0.717, 1.165) is 0 Å². The maximum atomic E-state index is 13.9. The van der Waals surface area contributed by atoms with Crippen molar-refractivity contribution in [3.05, 3.63) is 29.0 Å². The van der Waals surface area contributed by atoms with E-state index in [-0.39, 0.29) is 36.4 Å². The van der Waals surface area contributed by atoms with Crippen molar-refractivity contribution in [1.82, 2.24) is 5.32 Å². The highest BCUT2D eigenvalue weighted by molar-refractivity contribution is 6.31. The molecule has 6 heteroatoms. The fraction of sp³-hybridized carbons (Fsp3) is 0.429. The summed E-state index contributed by atoms with van der Waals surface area (Å²) in [6.07, 6.45) is 0.140. The van der Waals surface area contributed by atoms with Crippen molar-refractivity contribution in [2.24, 2.45) is 5.92 Å². The van der Waals surface area contributed by atoms with Crippen LogP contribution in [-0.4, -0.2) is 24.4 Å². The summed E-state index contributed by atoms with van der Waals surface area (Å²) in [5.41, 5.74) is 0.115. The summed E-state index contributed by atoms with van der Waals surface area (Å²) in [6.45, 7) is 3.81.